The predicted octanol–water partition coefficient (Wildman–Crippen LogP) is 3.88. The van der Waals surface area contributed by atoms with E-state index in [9.17, 15) is 0 Å². The summed E-state index contributed by atoms with van der Waals surface area (Å²) >= 11 is 0. The number of ether oxygens (including phenoxy) is 1. The summed E-state index contributed by atoms with van der Waals surface area (Å²) in [7, 11) is 0. The van der Waals surface area contributed by atoms with Gasteiger partial charge in [-0.15, -0.1) is 0 Å². The summed E-state index contributed by atoms with van der Waals surface area (Å²) < 4.78 is 5.42. The van der Waals surface area contributed by atoms with Crippen molar-refractivity contribution < 1.29 is 4.74 Å². The Labute approximate surface area is 113 Å². The van der Waals surface area contributed by atoms with E-state index in [2.05, 4.69) is 0 Å². The fraction of sp³-hybridized carbons (Fsp3) is 1.00. The van der Waals surface area contributed by atoms with Crippen molar-refractivity contribution in [3.8, 4) is 0 Å². The zero-order chi connectivity index (χ0) is 12.7. The van der Waals surface area contributed by atoms with E-state index in [1.54, 1.807) is 0 Å². The number of hydrogen-bond donors (Lipinski definition) is 1. The molecule has 1 saturated heterocycles. The molecule has 0 spiro atoms. The molecule has 0 unspecified atom stereocenters. The molecule has 1 heterocycles. The van der Waals surface area contributed by atoms with Crippen LogP contribution in [0.15, 0.2) is 0 Å². The van der Waals surface area contributed by atoms with E-state index >= 15 is 0 Å². The highest BCUT2D eigenvalue weighted by Crippen LogP contribution is 2.39. The average molecular weight is 253 g/mol. The van der Waals surface area contributed by atoms with Gasteiger partial charge >= 0.3 is 0 Å². The average Bonchev–Trinajstić information content (AvgIpc) is 2.46. The van der Waals surface area contributed by atoms with Crippen molar-refractivity contribution in [1.82, 2.24) is 0 Å². The summed E-state index contributed by atoms with van der Waals surface area (Å²) in [5, 5.41) is 0. The first kappa shape index (κ1) is 14.3. The zero-order valence-corrected chi connectivity index (χ0v) is 12.0. The van der Waals surface area contributed by atoms with Crippen molar-refractivity contribution >= 4 is 0 Å². The van der Waals surface area contributed by atoms with Crippen LogP contribution in [0, 0.1) is 11.3 Å². The first-order valence-corrected chi connectivity index (χ1v) is 8.12. The van der Waals surface area contributed by atoms with Gasteiger partial charge in [0.1, 0.15) is 0 Å². The van der Waals surface area contributed by atoms with Gasteiger partial charge in [0.15, 0.2) is 0 Å². The Morgan fingerprint density at radius 2 is 1.72 bits per heavy atom. The summed E-state index contributed by atoms with van der Waals surface area (Å²) in [6.07, 6.45) is 15.2. The second-order valence-corrected chi connectivity index (χ2v) is 6.57. The zero-order valence-electron chi connectivity index (χ0n) is 12.0. The Morgan fingerprint density at radius 1 is 1.00 bits per heavy atom. The molecule has 2 nitrogen and oxygen atoms in total. The van der Waals surface area contributed by atoms with E-state index < -0.39 is 0 Å². The molecular weight excluding hydrogens is 222 g/mol. The molecule has 0 atom stereocenters. The highest BCUT2D eigenvalue weighted by molar-refractivity contribution is 4.83. The van der Waals surface area contributed by atoms with Crippen LogP contribution in [0.4, 0.5) is 0 Å². The molecule has 1 saturated carbocycles. The predicted molar refractivity (Wildman–Crippen MR) is 76.6 cm³/mol. The van der Waals surface area contributed by atoms with Crippen molar-refractivity contribution in [2.45, 2.75) is 70.6 Å². The molecule has 1 aliphatic heterocycles. The minimum atomic E-state index is 0.522. The molecule has 0 aromatic heterocycles. The van der Waals surface area contributed by atoms with Crippen molar-refractivity contribution in [2.75, 3.05) is 19.8 Å². The Balaban J connectivity index is 1.61. The van der Waals surface area contributed by atoms with Crippen LogP contribution in [0.1, 0.15) is 70.6 Å². The van der Waals surface area contributed by atoms with Gasteiger partial charge in [0.25, 0.3) is 0 Å². The largest absolute Gasteiger partial charge is 0.381 e. The van der Waals surface area contributed by atoms with Gasteiger partial charge in [-0.05, 0) is 50.0 Å². The van der Waals surface area contributed by atoms with Crippen LogP contribution in [0.25, 0.3) is 0 Å². The normalized spacial score (nSPS) is 25.2. The standard InChI is InChI=1S/C16H31NO/c17-14-16(9-3-1-4-10-16)11-5-2-6-15-7-12-18-13-8-15/h15H,1-14,17H2. The van der Waals surface area contributed by atoms with Gasteiger partial charge in [-0.25, -0.2) is 0 Å². The van der Waals surface area contributed by atoms with Crippen molar-refractivity contribution in [3.63, 3.8) is 0 Å². The molecule has 0 aromatic rings. The first-order chi connectivity index (χ1) is 8.85. The van der Waals surface area contributed by atoms with Crippen LogP contribution in [0.5, 0.6) is 0 Å². The highest BCUT2D eigenvalue weighted by Gasteiger charge is 2.29. The van der Waals surface area contributed by atoms with E-state index in [4.69, 9.17) is 10.5 Å². The van der Waals surface area contributed by atoms with Gasteiger partial charge in [0, 0.05) is 13.2 Å². The van der Waals surface area contributed by atoms with Crippen LogP contribution < -0.4 is 5.73 Å². The monoisotopic (exact) mass is 253 g/mol. The molecule has 2 aliphatic rings. The van der Waals surface area contributed by atoms with Gasteiger partial charge in [-0.2, -0.15) is 0 Å². The minimum Gasteiger partial charge on any atom is -0.381 e. The van der Waals surface area contributed by atoms with Crippen molar-refractivity contribution in [2.24, 2.45) is 17.1 Å². The Bertz CT molecular complexity index is 217. The lowest BCUT2D eigenvalue weighted by atomic mass is 9.71. The van der Waals surface area contributed by atoms with E-state index in [0.29, 0.717) is 5.41 Å². The fourth-order valence-corrected chi connectivity index (χ4v) is 3.83. The first-order valence-electron chi connectivity index (χ1n) is 8.12. The SMILES string of the molecule is NCC1(CCCCC2CCOCC2)CCCCC1. The third-order valence-electron chi connectivity index (χ3n) is 5.26. The van der Waals surface area contributed by atoms with Crippen LogP contribution in [-0.2, 0) is 4.74 Å². The fourth-order valence-electron chi connectivity index (χ4n) is 3.83. The lowest BCUT2D eigenvalue weighted by Crippen LogP contribution is -2.32. The van der Waals surface area contributed by atoms with E-state index in [0.717, 1.165) is 25.7 Å². The second-order valence-electron chi connectivity index (χ2n) is 6.57. The van der Waals surface area contributed by atoms with Crippen molar-refractivity contribution in [1.29, 1.82) is 0 Å². The molecule has 0 bridgehead atoms. The van der Waals surface area contributed by atoms with Gasteiger partial charge in [0.05, 0.1) is 0 Å². The lowest BCUT2D eigenvalue weighted by Gasteiger charge is -2.36. The molecule has 2 N–H and O–H groups in total. The molecule has 2 fully saturated rings. The van der Waals surface area contributed by atoms with Gasteiger partial charge in [0.2, 0.25) is 0 Å². The molecule has 18 heavy (non-hydrogen) atoms. The Kier molecular flexibility index (Phi) is 5.97. The van der Waals surface area contributed by atoms with E-state index in [1.165, 1.54) is 70.6 Å². The molecule has 106 valence electrons. The Morgan fingerprint density at radius 3 is 2.39 bits per heavy atom. The van der Waals surface area contributed by atoms with Crippen LogP contribution in [0.3, 0.4) is 0 Å². The number of unbranched alkanes of at least 4 members (excludes halogenated alkanes) is 1. The maximum absolute atomic E-state index is 6.05. The van der Waals surface area contributed by atoms with E-state index in [1.807, 2.05) is 0 Å². The summed E-state index contributed by atoms with van der Waals surface area (Å²) in [4.78, 5) is 0. The Hall–Kier alpha value is -0.0800. The highest BCUT2D eigenvalue weighted by atomic mass is 16.5. The summed E-state index contributed by atoms with van der Waals surface area (Å²) in [6.45, 7) is 2.92. The maximum Gasteiger partial charge on any atom is 0.0468 e. The van der Waals surface area contributed by atoms with E-state index in [-0.39, 0.29) is 0 Å². The van der Waals surface area contributed by atoms with Crippen LogP contribution >= 0.6 is 0 Å². The smallest absolute Gasteiger partial charge is 0.0468 e. The molecule has 1 aliphatic carbocycles. The number of rotatable bonds is 6. The third kappa shape index (κ3) is 4.24. The molecule has 0 amide bonds. The molecule has 2 heteroatoms. The summed E-state index contributed by atoms with van der Waals surface area (Å²) in [5.74, 6) is 0.943. The number of hydrogen-bond acceptors (Lipinski definition) is 2. The van der Waals surface area contributed by atoms with Gasteiger partial charge < -0.3 is 10.5 Å². The van der Waals surface area contributed by atoms with Crippen molar-refractivity contribution in [3.05, 3.63) is 0 Å². The molecular formula is C16H31NO. The van der Waals surface area contributed by atoms with Crippen LogP contribution in [0.2, 0.25) is 0 Å². The quantitative estimate of drug-likeness (QED) is 0.729. The third-order valence-corrected chi connectivity index (χ3v) is 5.26. The molecule has 0 aromatic carbocycles. The second kappa shape index (κ2) is 7.49. The topological polar surface area (TPSA) is 35.2 Å². The van der Waals surface area contributed by atoms with Gasteiger partial charge in [-0.3, -0.25) is 0 Å². The van der Waals surface area contributed by atoms with Gasteiger partial charge in [-0.1, -0.05) is 38.5 Å². The lowest BCUT2D eigenvalue weighted by molar-refractivity contribution is 0.0625. The maximum atomic E-state index is 6.05. The summed E-state index contributed by atoms with van der Waals surface area (Å²) in [5.41, 5.74) is 6.57. The molecule has 2 rings (SSSR count). The van der Waals surface area contributed by atoms with Crippen LogP contribution in [-0.4, -0.2) is 19.8 Å². The summed E-state index contributed by atoms with van der Waals surface area (Å²) in [6, 6.07) is 0. The number of nitrogens with two attached hydrogens (primary N) is 1. The minimum absolute atomic E-state index is 0.522. The molecule has 0 radical (unpaired) electrons.